The van der Waals surface area contributed by atoms with Gasteiger partial charge in [-0.25, -0.2) is 4.98 Å². The van der Waals surface area contributed by atoms with E-state index in [1.54, 1.807) is 12.1 Å². The number of aryl methyl sites for hydroxylation is 2. The smallest absolute Gasteiger partial charge is 0.311 e. The molecule has 1 aromatic heterocycles. The van der Waals surface area contributed by atoms with E-state index in [1.165, 1.54) is 11.3 Å². The molecule has 0 aliphatic heterocycles. The quantitative estimate of drug-likeness (QED) is 0.550. The number of esters is 1. The monoisotopic (exact) mass is 354 g/mol. The van der Waals surface area contributed by atoms with Crippen molar-refractivity contribution >= 4 is 38.6 Å². The molecule has 0 aliphatic rings. The number of aromatic nitrogens is 1. The fourth-order valence-electron chi connectivity index (χ4n) is 2.33. The minimum absolute atomic E-state index is 0.0175. The van der Waals surface area contributed by atoms with Gasteiger partial charge in [-0.2, -0.15) is 0 Å². The van der Waals surface area contributed by atoms with Gasteiger partial charge in [-0.15, -0.1) is 0 Å². The van der Waals surface area contributed by atoms with Gasteiger partial charge < -0.3 is 10.1 Å². The Morgan fingerprint density at radius 3 is 2.56 bits per heavy atom. The van der Waals surface area contributed by atoms with Gasteiger partial charge >= 0.3 is 5.97 Å². The molecule has 0 saturated carbocycles. The summed E-state index contributed by atoms with van der Waals surface area (Å²) in [5, 5.41) is 3.29. The van der Waals surface area contributed by atoms with E-state index in [0.29, 0.717) is 10.9 Å². The first-order chi connectivity index (χ1) is 12.0. The number of rotatable bonds is 5. The van der Waals surface area contributed by atoms with Crippen LogP contribution in [0.15, 0.2) is 42.5 Å². The summed E-state index contributed by atoms with van der Waals surface area (Å²) in [5.74, 6) is -0.200. The maximum absolute atomic E-state index is 12.0. The van der Waals surface area contributed by atoms with Gasteiger partial charge in [-0.05, 0) is 37.6 Å². The highest BCUT2D eigenvalue weighted by Gasteiger charge is 2.12. The van der Waals surface area contributed by atoms with Crippen molar-refractivity contribution in [2.24, 2.45) is 0 Å². The van der Waals surface area contributed by atoms with Crippen molar-refractivity contribution in [1.29, 1.82) is 0 Å². The lowest BCUT2D eigenvalue weighted by atomic mass is 10.2. The van der Waals surface area contributed by atoms with Crippen LogP contribution in [0.1, 0.15) is 24.0 Å². The molecule has 0 unspecified atom stereocenters. The van der Waals surface area contributed by atoms with Gasteiger partial charge in [0.25, 0.3) is 0 Å². The zero-order valence-electron chi connectivity index (χ0n) is 14.0. The van der Waals surface area contributed by atoms with Crippen LogP contribution in [-0.4, -0.2) is 16.9 Å². The Morgan fingerprint density at radius 1 is 1.08 bits per heavy atom. The number of benzene rings is 2. The highest BCUT2D eigenvalue weighted by Crippen LogP contribution is 2.27. The van der Waals surface area contributed by atoms with Crippen molar-refractivity contribution < 1.29 is 14.3 Å². The van der Waals surface area contributed by atoms with Crippen molar-refractivity contribution in [2.75, 3.05) is 5.32 Å². The number of amides is 1. The van der Waals surface area contributed by atoms with Crippen molar-refractivity contribution in [3.8, 4) is 5.75 Å². The van der Waals surface area contributed by atoms with Crippen LogP contribution in [0.3, 0.4) is 0 Å². The predicted octanol–water partition coefficient (Wildman–Crippen LogP) is 4.24. The van der Waals surface area contributed by atoms with Crippen LogP contribution < -0.4 is 10.1 Å². The third-order valence-electron chi connectivity index (χ3n) is 3.68. The molecule has 25 heavy (non-hydrogen) atoms. The van der Waals surface area contributed by atoms with Gasteiger partial charge in [0.15, 0.2) is 5.13 Å². The number of carbonyl (C=O) groups excluding carboxylic acids is 2. The molecule has 0 radical (unpaired) electrons. The predicted molar refractivity (Wildman–Crippen MR) is 99.0 cm³/mol. The molecule has 0 bridgehead atoms. The minimum atomic E-state index is -0.431. The van der Waals surface area contributed by atoms with Gasteiger partial charge in [0, 0.05) is 6.42 Å². The summed E-state index contributed by atoms with van der Waals surface area (Å²) < 4.78 is 6.22. The molecule has 1 heterocycles. The fraction of sp³-hybridized carbons (Fsp3) is 0.211. The molecular weight excluding hydrogens is 336 g/mol. The van der Waals surface area contributed by atoms with Crippen molar-refractivity contribution in [3.63, 3.8) is 0 Å². The lowest BCUT2D eigenvalue weighted by Crippen LogP contribution is -2.15. The van der Waals surface area contributed by atoms with Crippen LogP contribution in [0, 0.1) is 13.8 Å². The Balaban J connectivity index is 1.52. The number of ether oxygens (including phenoxy) is 1. The summed E-state index contributed by atoms with van der Waals surface area (Å²) >= 11 is 1.42. The summed E-state index contributed by atoms with van der Waals surface area (Å²) in [7, 11) is 0. The lowest BCUT2D eigenvalue weighted by Gasteiger charge is -2.04. The maximum Gasteiger partial charge on any atom is 0.311 e. The number of fused-ring (bicyclic) bond motifs is 1. The van der Waals surface area contributed by atoms with E-state index in [1.807, 2.05) is 44.2 Å². The normalized spacial score (nSPS) is 10.6. The highest BCUT2D eigenvalue weighted by molar-refractivity contribution is 7.22. The van der Waals surface area contributed by atoms with Crippen LogP contribution in [0.5, 0.6) is 5.75 Å². The first kappa shape index (κ1) is 17.1. The summed E-state index contributed by atoms with van der Waals surface area (Å²) in [6.07, 6.45) is 0.0727. The molecule has 1 amide bonds. The Bertz CT molecular complexity index is 916. The average Bonchev–Trinajstić information content (AvgIpc) is 2.99. The summed E-state index contributed by atoms with van der Waals surface area (Å²) in [6, 6.07) is 13.1. The van der Waals surface area contributed by atoms with E-state index >= 15 is 0 Å². The van der Waals surface area contributed by atoms with Gasteiger partial charge in [0.1, 0.15) is 5.75 Å². The first-order valence-corrected chi connectivity index (χ1v) is 8.76. The molecule has 0 fully saturated rings. The number of anilines is 1. The minimum Gasteiger partial charge on any atom is -0.427 e. The van der Waals surface area contributed by atoms with E-state index in [4.69, 9.17) is 4.74 Å². The topological polar surface area (TPSA) is 68.3 Å². The Kier molecular flexibility index (Phi) is 5.09. The average molecular weight is 354 g/mol. The SMILES string of the molecule is Cc1ccc(OC(=O)CCC(=O)Nc2nc3c(C)cccc3s2)cc1. The molecular formula is C19H18N2O3S. The van der Waals surface area contributed by atoms with Gasteiger partial charge in [-0.1, -0.05) is 41.2 Å². The van der Waals surface area contributed by atoms with Crippen molar-refractivity contribution in [3.05, 3.63) is 53.6 Å². The lowest BCUT2D eigenvalue weighted by molar-refractivity contribution is -0.135. The third-order valence-corrected chi connectivity index (χ3v) is 4.61. The van der Waals surface area contributed by atoms with Gasteiger partial charge in [0.2, 0.25) is 5.91 Å². The summed E-state index contributed by atoms with van der Waals surface area (Å²) in [5.41, 5.74) is 3.04. The summed E-state index contributed by atoms with van der Waals surface area (Å²) in [4.78, 5) is 28.3. The highest BCUT2D eigenvalue weighted by atomic mass is 32.1. The molecule has 0 spiro atoms. The molecule has 0 aliphatic carbocycles. The number of hydrogen-bond acceptors (Lipinski definition) is 5. The standard InChI is InChI=1S/C19H18N2O3S/c1-12-6-8-14(9-7-12)24-17(23)11-10-16(22)20-19-21-18-13(2)4-3-5-15(18)25-19/h3-9H,10-11H2,1-2H3,(H,20,21,22). The number of para-hydroxylation sites is 1. The van der Waals surface area contributed by atoms with Crippen molar-refractivity contribution in [2.45, 2.75) is 26.7 Å². The molecule has 128 valence electrons. The van der Waals surface area contributed by atoms with Crippen LogP contribution in [0.2, 0.25) is 0 Å². The van der Waals surface area contributed by atoms with Crippen molar-refractivity contribution in [1.82, 2.24) is 4.98 Å². The fourth-order valence-corrected chi connectivity index (χ4v) is 3.29. The van der Waals surface area contributed by atoms with Crippen LogP contribution in [-0.2, 0) is 9.59 Å². The maximum atomic E-state index is 12.0. The number of nitrogens with zero attached hydrogens (tertiary/aromatic N) is 1. The molecule has 0 saturated heterocycles. The van der Waals surface area contributed by atoms with E-state index in [9.17, 15) is 9.59 Å². The largest absolute Gasteiger partial charge is 0.427 e. The molecule has 1 N–H and O–H groups in total. The zero-order chi connectivity index (χ0) is 17.8. The molecule has 3 rings (SSSR count). The van der Waals surface area contributed by atoms with Gasteiger partial charge in [-0.3, -0.25) is 9.59 Å². The Labute approximate surface area is 149 Å². The summed E-state index contributed by atoms with van der Waals surface area (Å²) in [6.45, 7) is 3.94. The molecule has 3 aromatic rings. The number of carbonyl (C=O) groups is 2. The second kappa shape index (κ2) is 7.44. The van der Waals surface area contributed by atoms with Crippen LogP contribution >= 0.6 is 11.3 Å². The molecule has 5 nitrogen and oxygen atoms in total. The molecule has 0 atom stereocenters. The zero-order valence-corrected chi connectivity index (χ0v) is 14.9. The van der Waals surface area contributed by atoms with Gasteiger partial charge in [0.05, 0.1) is 16.6 Å². The van der Waals surface area contributed by atoms with Crippen LogP contribution in [0.4, 0.5) is 5.13 Å². The number of hydrogen-bond donors (Lipinski definition) is 1. The Hall–Kier alpha value is -2.73. The van der Waals surface area contributed by atoms with E-state index in [-0.39, 0.29) is 18.7 Å². The van der Waals surface area contributed by atoms with E-state index < -0.39 is 5.97 Å². The van der Waals surface area contributed by atoms with Crippen LogP contribution in [0.25, 0.3) is 10.2 Å². The third kappa shape index (κ3) is 4.42. The second-order valence-corrected chi connectivity index (χ2v) is 6.81. The van der Waals surface area contributed by atoms with E-state index in [0.717, 1.165) is 21.3 Å². The number of thiazole rings is 1. The van der Waals surface area contributed by atoms with E-state index in [2.05, 4.69) is 10.3 Å². The number of nitrogens with one attached hydrogen (secondary N) is 1. The Morgan fingerprint density at radius 2 is 1.84 bits per heavy atom. The molecule has 2 aromatic carbocycles. The first-order valence-electron chi connectivity index (χ1n) is 7.94. The molecule has 6 heteroatoms. The second-order valence-electron chi connectivity index (χ2n) is 5.78.